The standard InChI is InChI=1S/C12H18N2O5/c15-6-5-14(4-3-12(17)18)9-11(16)13-8-10-2-1-7-19-10/h1-2,7,15H,3-6,8-9H2,(H,13,16)(H,17,18). The number of hydrogen-bond donors (Lipinski definition) is 3. The van der Waals surface area contributed by atoms with E-state index in [9.17, 15) is 9.59 Å². The van der Waals surface area contributed by atoms with Gasteiger partial charge in [0, 0.05) is 13.1 Å². The van der Waals surface area contributed by atoms with Crippen molar-refractivity contribution >= 4 is 11.9 Å². The van der Waals surface area contributed by atoms with Gasteiger partial charge in [0.05, 0.1) is 32.4 Å². The highest BCUT2D eigenvalue weighted by molar-refractivity contribution is 5.78. The predicted molar refractivity (Wildman–Crippen MR) is 66.3 cm³/mol. The first-order chi connectivity index (χ1) is 9.11. The van der Waals surface area contributed by atoms with Gasteiger partial charge in [-0.1, -0.05) is 0 Å². The van der Waals surface area contributed by atoms with Gasteiger partial charge in [-0.25, -0.2) is 0 Å². The molecule has 1 aromatic heterocycles. The zero-order valence-electron chi connectivity index (χ0n) is 10.5. The van der Waals surface area contributed by atoms with E-state index in [1.165, 1.54) is 6.26 Å². The number of carboxylic acids is 1. The van der Waals surface area contributed by atoms with Gasteiger partial charge < -0.3 is 19.9 Å². The third-order valence-corrected chi connectivity index (χ3v) is 2.47. The average Bonchev–Trinajstić information content (AvgIpc) is 2.87. The molecule has 0 saturated heterocycles. The van der Waals surface area contributed by atoms with Crippen molar-refractivity contribution in [3.05, 3.63) is 24.2 Å². The SMILES string of the molecule is O=C(O)CCN(CCO)CC(=O)NCc1ccco1. The summed E-state index contributed by atoms with van der Waals surface area (Å²) < 4.78 is 5.07. The molecule has 1 aromatic rings. The molecule has 0 aliphatic rings. The number of carbonyl (C=O) groups excluding carboxylic acids is 1. The Bertz CT molecular complexity index is 391. The summed E-state index contributed by atoms with van der Waals surface area (Å²) in [6.07, 6.45) is 1.46. The molecular weight excluding hydrogens is 252 g/mol. The summed E-state index contributed by atoms with van der Waals surface area (Å²) in [4.78, 5) is 23.7. The number of aliphatic hydroxyl groups excluding tert-OH is 1. The van der Waals surface area contributed by atoms with Crippen molar-refractivity contribution < 1.29 is 24.2 Å². The molecule has 106 valence electrons. The number of aliphatic carboxylic acids is 1. The summed E-state index contributed by atoms with van der Waals surface area (Å²) in [5, 5.41) is 20.1. The van der Waals surface area contributed by atoms with Crippen LogP contribution in [0.3, 0.4) is 0 Å². The van der Waals surface area contributed by atoms with Crippen LogP contribution in [0.25, 0.3) is 0 Å². The summed E-state index contributed by atoms with van der Waals surface area (Å²) in [6.45, 7) is 0.711. The summed E-state index contributed by atoms with van der Waals surface area (Å²) in [5.74, 6) is -0.526. The van der Waals surface area contributed by atoms with E-state index >= 15 is 0 Å². The third kappa shape index (κ3) is 6.58. The monoisotopic (exact) mass is 270 g/mol. The maximum atomic E-state index is 11.6. The van der Waals surface area contributed by atoms with Gasteiger partial charge in [-0.3, -0.25) is 14.5 Å². The molecule has 7 heteroatoms. The number of nitrogens with one attached hydrogen (secondary N) is 1. The van der Waals surface area contributed by atoms with Crippen LogP contribution in [0.1, 0.15) is 12.2 Å². The van der Waals surface area contributed by atoms with Crippen LogP contribution in [0.5, 0.6) is 0 Å². The quantitative estimate of drug-likeness (QED) is 0.567. The molecule has 0 unspecified atom stereocenters. The number of amides is 1. The maximum absolute atomic E-state index is 11.6. The Morgan fingerprint density at radius 1 is 1.37 bits per heavy atom. The molecule has 3 N–H and O–H groups in total. The van der Waals surface area contributed by atoms with Crippen LogP contribution in [-0.2, 0) is 16.1 Å². The fourth-order valence-corrected chi connectivity index (χ4v) is 1.52. The molecule has 1 amide bonds. The molecule has 0 fully saturated rings. The number of carbonyl (C=O) groups is 2. The van der Waals surface area contributed by atoms with E-state index in [0.717, 1.165) is 0 Å². The molecule has 1 heterocycles. The van der Waals surface area contributed by atoms with E-state index in [4.69, 9.17) is 14.6 Å². The van der Waals surface area contributed by atoms with Gasteiger partial charge in [0.1, 0.15) is 5.76 Å². The lowest BCUT2D eigenvalue weighted by Crippen LogP contribution is -2.39. The van der Waals surface area contributed by atoms with E-state index in [-0.39, 0.29) is 45.1 Å². The Labute approximate surface area is 110 Å². The Morgan fingerprint density at radius 3 is 2.74 bits per heavy atom. The van der Waals surface area contributed by atoms with Gasteiger partial charge in [0.25, 0.3) is 0 Å². The Morgan fingerprint density at radius 2 is 2.16 bits per heavy atom. The first-order valence-corrected chi connectivity index (χ1v) is 5.96. The van der Waals surface area contributed by atoms with E-state index in [2.05, 4.69) is 5.32 Å². The van der Waals surface area contributed by atoms with Gasteiger partial charge in [0.15, 0.2) is 0 Å². The van der Waals surface area contributed by atoms with Gasteiger partial charge in [0.2, 0.25) is 5.91 Å². The van der Waals surface area contributed by atoms with Crippen LogP contribution in [-0.4, -0.2) is 53.2 Å². The van der Waals surface area contributed by atoms with E-state index in [0.29, 0.717) is 5.76 Å². The second-order valence-corrected chi connectivity index (χ2v) is 4.00. The van der Waals surface area contributed by atoms with E-state index < -0.39 is 5.97 Å². The van der Waals surface area contributed by atoms with Crippen molar-refractivity contribution in [3.8, 4) is 0 Å². The van der Waals surface area contributed by atoms with Gasteiger partial charge in [-0.2, -0.15) is 0 Å². The zero-order valence-corrected chi connectivity index (χ0v) is 10.5. The molecule has 0 saturated carbocycles. The second kappa shape index (κ2) is 8.28. The molecule has 0 aliphatic heterocycles. The highest BCUT2D eigenvalue weighted by Gasteiger charge is 2.11. The molecule has 0 radical (unpaired) electrons. The summed E-state index contributed by atoms with van der Waals surface area (Å²) in [6, 6.07) is 3.47. The zero-order chi connectivity index (χ0) is 14.1. The molecule has 0 aliphatic carbocycles. The number of aliphatic hydroxyl groups is 1. The van der Waals surface area contributed by atoms with Crippen LogP contribution in [0.4, 0.5) is 0 Å². The third-order valence-electron chi connectivity index (χ3n) is 2.47. The molecule has 0 atom stereocenters. The smallest absolute Gasteiger partial charge is 0.304 e. The minimum absolute atomic E-state index is 0.0501. The first kappa shape index (κ1) is 15.2. The largest absolute Gasteiger partial charge is 0.481 e. The summed E-state index contributed by atoms with van der Waals surface area (Å²) in [7, 11) is 0. The van der Waals surface area contributed by atoms with Crippen LogP contribution >= 0.6 is 0 Å². The van der Waals surface area contributed by atoms with Crippen LogP contribution in [0, 0.1) is 0 Å². The highest BCUT2D eigenvalue weighted by Crippen LogP contribution is 1.98. The Balaban J connectivity index is 2.31. The molecule has 0 bridgehead atoms. The normalized spacial score (nSPS) is 10.6. The van der Waals surface area contributed by atoms with Crippen molar-refractivity contribution in [2.24, 2.45) is 0 Å². The average molecular weight is 270 g/mol. The molecule has 7 nitrogen and oxygen atoms in total. The van der Waals surface area contributed by atoms with Crippen LogP contribution < -0.4 is 5.32 Å². The molecule has 0 spiro atoms. The Kier molecular flexibility index (Phi) is 6.62. The molecule has 1 rings (SSSR count). The van der Waals surface area contributed by atoms with Gasteiger partial charge in [-0.05, 0) is 12.1 Å². The van der Waals surface area contributed by atoms with Crippen molar-refractivity contribution in [2.75, 3.05) is 26.2 Å². The fourth-order valence-electron chi connectivity index (χ4n) is 1.52. The number of hydrogen-bond acceptors (Lipinski definition) is 5. The first-order valence-electron chi connectivity index (χ1n) is 5.96. The number of furan rings is 1. The number of rotatable bonds is 9. The number of carboxylic acid groups (broad SMARTS) is 1. The predicted octanol–water partition coefficient (Wildman–Crippen LogP) is -0.335. The van der Waals surface area contributed by atoms with E-state index in [1.807, 2.05) is 0 Å². The topological polar surface area (TPSA) is 103 Å². The lowest BCUT2D eigenvalue weighted by atomic mass is 10.3. The summed E-state index contributed by atoms with van der Waals surface area (Å²) in [5.41, 5.74) is 0. The molecule has 0 aromatic carbocycles. The van der Waals surface area contributed by atoms with Crippen LogP contribution in [0.15, 0.2) is 22.8 Å². The number of nitrogens with zero attached hydrogens (tertiary/aromatic N) is 1. The van der Waals surface area contributed by atoms with Crippen LogP contribution in [0.2, 0.25) is 0 Å². The van der Waals surface area contributed by atoms with Gasteiger partial charge in [-0.15, -0.1) is 0 Å². The van der Waals surface area contributed by atoms with Gasteiger partial charge >= 0.3 is 5.97 Å². The summed E-state index contributed by atoms with van der Waals surface area (Å²) >= 11 is 0. The lowest BCUT2D eigenvalue weighted by molar-refractivity contribution is -0.137. The van der Waals surface area contributed by atoms with Crippen molar-refractivity contribution in [3.63, 3.8) is 0 Å². The van der Waals surface area contributed by atoms with Crippen molar-refractivity contribution in [1.29, 1.82) is 0 Å². The van der Waals surface area contributed by atoms with E-state index in [1.54, 1.807) is 17.0 Å². The minimum atomic E-state index is -0.932. The Hall–Kier alpha value is -1.86. The highest BCUT2D eigenvalue weighted by atomic mass is 16.4. The van der Waals surface area contributed by atoms with Crippen molar-refractivity contribution in [1.82, 2.24) is 10.2 Å². The minimum Gasteiger partial charge on any atom is -0.481 e. The fraction of sp³-hybridized carbons (Fsp3) is 0.500. The maximum Gasteiger partial charge on any atom is 0.304 e. The molecule has 19 heavy (non-hydrogen) atoms. The lowest BCUT2D eigenvalue weighted by Gasteiger charge is -2.19. The second-order valence-electron chi connectivity index (χ2n) is 4.00. The van der Waals surface area contributed by atoms with Crippen molar-refractivity contribution in [2.45, 2.75) is 13.0 Å². The molecular formula is C12H18N2O5.